The van der Waals surface area contributed by atoms with Crippen molar-refractivity contribution < 1.29 is 9.53 Å². The number of fused-ring (bicyclic) bond motifs is 2. The summed E-state index contributed by atoms with van der Waals surface area (Å²) in [7, 11) is 0. The normalized spacial score (nSPS) is 30.3. The fourth-order valence-electron chi connectivity index (χ4n) is 3.07. The van der Waals surface area contributed by atoms with Gasteiger partial charge in [0.2, 0.25) is 0 Å². The van der Waals surface area contributed by atoms with Crippen LogP contribution in [0.2, 0.25) is 0 Å². The van der Waals surface area contributed by atoms with Crippen molar-refractivity contribution in [2.45, 2.75) is 70.7 Å². The van der Waals surface area contributed by atoms with Crippen molar-refractivity contribution in [3.05, 3.63) is 12.2 Å². The van der Waals surface area contributed by atoms with Crippen molar-refractivity contribution in [3.63, 3.8) is 0 Å². The molecule has 19 heavy (non-hydrogen) atoms. The first-order valence-electron chi connectivity index (χ1n) is 7.26. The molecule has 0 aromatic rings. The Kier molecular flexibility index (Phi) is 3.90. The van der Waals surface area contributed by atoms with Gasteiger partial charge in [-0.1, -0.05) is 19.1 Å². The number of hydrogen-bond acceptors (Lipinski definition) is 3. The third kappa shape index (κ3) is 2.94. The van der Waals surface area contributed by atoms with E-state index in [-0.39, 0.29) is 24.2 Å². The number of piperazine rings is 1. The minimum Gasteiger partial charge on any atom is -0.444 e. The average molecular weight is 266 g/mol. The Bertz CT molecular complexity index is 373. The van der Waals surface area contributed by atoms with Crippen LogP contribution in [-0.4, -0.2) is 41.3 Å². The topological polar surface area (TPSA) is 41.6 Å². The maximum absolute atomic E-state index is 12.4. The Morgan fingerprint density at radius 3 is 2.68 bits per heavy atom. The zero-order valence-corrected chi connectivity index (χ0v) is 12.5. The lowest BCUT2D eigenvalue weighted by molar-refractivity contribution is 0.00613. The van der Waals surface area contributed by atoms with E-state index in [2.05, 4.69) is 18.8 Å². The number of ether oxygens (including phenoxy) is 1. The first-order chi connectivity index (χ1) is 8.83. The summed E-state index contributed by atoms with van der Waals surface area (Å²) in [6, 6.07) is 0.707. The monoisotopic (exact) mass is 266 g/mol. The maximum atomic E-state index is 12.4. The number of nitrogens with one attached hydrogen (secondary N) is 1. The lowest BCUT2D eigenvalue weighted by Crippen LogP contribution is -2.60. The van der Waals surface area contributed by atoms with E-state index in [0.717, 1.165) is 25.8 Å². The van der Waals surface area contributed by atoms with E-state index in [0.29, 0.717) is 0 Å². The van der Waals surface area contributed by atoms with Crippen LogP contribution >= 0.6 is 0 Å². The fraction of sp³-hybridized carbons (Fsp3) is 0.800. The van der Waals surface area contributed by atoms with Gasteiger partial charge >= 0.3 is 6.09 Å². The molecule has 2 saturated heterocycles. The molecule has 2 bridgehead atoms. The molecular weight excluding hydrogens is 240 g/mol. The molecule has 2 aliphatic heterocycles. The molecule has 1 N–H and O–H groups in total. The van der Waals surface area contributed by atoms with Crippen LogP contribution in [0.4, 0.5) is 4.79 Å². The molecule has 0 unspecified atom stereocenters. The van der Waals surface area contributed by atoms with Gasteiger partial charge in [-0.05, 0) is 40.0 Å². The average Bonchev–Trinajstić information content (AvgIpc) is 2.61. The summed E-state index contributed by atoms with van der Waals surface area (Å²) in [5.41, 5.74) is 0.748. The molecule has 108 valence electrons. The molecular formula is C15H26N2O2. The van der Waals surface area contributed by atoms with Gasteiger partial charge in [0.15, 0.2) is 0 Å². The van der Waals surface area contributed by atoms with Gasteiger partial charge in [-0.3, -0.25) is 4.90 Å². The van der Waals surface area contributed by atoms with E-state index >= 15 is 0 Å². The smallest absolute Gasteiger partial charge is 0.410 e. The van der Waals surface area contributed by atoms with Crippen LogP contribution in [0.5, 0.6) is 0 Å². The van der Waals surface area contributed by atoms with Gasteiger partial charge < -0.3 is 10.1 Å². The molecule has 0 radical (unpaired) electrons. The zero-order chi connectivity index (χ0) is 14.2. The van der Waals surface area contributed by atoms with E-state index < -0.39 is 5.60 Å². The molecule has 0 spiro atoms. The standard InChI is InChI=1S/C15H26N2O2/c1-6-10(2)13-12-8-7-11(9-16-13)17(12)14(18)19-15(3,4)5/h11-13,16H,2,6-9H2,1,3-5H3/t11-,12+,13+/m1/s1. The fourth-order valence-corrected chi connectivity index (χ4v) is 3.07. The van der Waals surface area contributed by atoms with Crippen LogP contribution in [0.15, 0.2) is 12.2 Å². The van der Waals surface area contributed by atoms with Gasteiger partial charge in [0, 0.05) is 18.6 Å². The Balaban J connectivity index is 2.12. The SMILES string of the molecule is C=C(CC)[C@@H]1NC[C@H]2CC[C@@H]1N2C(=O)OC(C)(C)C. The van der Waals surface area contributed by atoms with Gasteiger partial charge in [0.05, 0.1) is 6.04 Å². The molecule has 0 aromatic carbocycles. The van der Waals surface area contributed by atoms with Crippen LogP contribution < -0.4 is 5.32 Å². The largest absolute Gasteiger partial charge is 0.444 e. The van der Waals surface area contributed by atoms with Gasteiger partial charge in [-0.25, -0.2) is 4.79 Å². The lowest BCUT2D eigenvalue weighted by atomic mass is 9.96. The molecule has 2 heterocycles. The number of hydrogen-bond donors (Lipinski definition) is 1. The minimum absolute atomic E-state index is 0.171. The number of carbonyl (C=O) groups excluding carboxylic acids is 1. The summed E-state index contributed by atoms with van der Waals surface area (Å²) >= 11 is 0. The zero-order valence-electron chi connectivity index (χ0n) is 12.5. The summed E-state index contributed by atoms with van der Waals surface area (Å²) in [5.74, 6) is 0. The van der Waals surface area contributed by atoms with E-state index in [1.807, 2.05) is 25.7 Å². The Morgan fingerprint density at radius 1 is 1.42 bits per heavy atom. The van der Waals surface area contributed by atoms with Crippen LogP contribution in [0.3, 0.4) is 0 Å². The molecule has 0 aliphatic carbocycles. The highest BCUT2D eigenvalue weighted by atomic mass is 16.6. The van der Waals surface area contributed by atoms with E-state index in [1.54, 1.807) is 0 Å². The molecule has 0 saturated carbocycles. The molecule has 0 aromatic heterocycles. The van der Waals surface area contributed by atoms with E-state index in [1.165, 1.54) is 5.57 Å². The molecule has 2 fully saturated rings. The second-order valence-electron chi connectivity index (χ2n) is 6.58. The van der Waals surface area contributed by atoms with E-state index in [4.69, 9.17) is 4.74 Å². The molecule has 4 heteroatoms. The van der Waals surface area contributed by atoms with Crippen LogP contribution in [-0.2, 0) is 4.74 Å². The minimum atomic E-state index is -0.432. The molecule has 2 aliphatic rings. The third-order valence-corrected chi connectivity index (χ3v) is 4.00. The van der Waals surface area contributed by atoms with Crippen LogP contribution in [0.25, 0.3) is 0 Å². The molecule has 2 rings (SSSR count). The Labute approximate surface area is 116 Å². The number of nitrogens with zero attached hydrogens (tertiary/aromatic N) is 1. The van der Waals surface area contributed by atoms with Crippen molar-refractivity contribution in [2.75, 3.05) is 6.54 Å². The van der Waals surface area contributed by atoms with Crippen LogP contribution in [0, 0.1) is 0 Å². The number of amides is 1. The highest BCUT2D eigenvalue weighted by Crippen LogP contribution is 2.33. The quantitative estimate of drug-likeness (QED) is 0.781. The summed E-state index contributed by atoms with van der Waals surface area (Å²) in [5, 5.41) is 3.53. The van der Waals surface area contributed by atoms with Gasteiger partial charge in [-0.15, -0.1) is 0 Å². The highest BCUT2D eigenvalue weighted by molar-refractivity contribution is 5.70. The highest BCUT2D eigenvalue weighted by Gasteiger charge is 2.46. The van der Waals surface area contributed by atoms with Crippen molar-refractivity contribution in [3.8, 4) is 0 Å². The molecule has 1 amide bonds. The molecule has 4 nitrogen and oxygen atoms in total. The summed E-state index contributed by atoms with van der Waals surface area (Å²) < 4.78 is 5.55. The van der Waals surface area contributed by atoms with Crippen molar-refractivity contribution >= 4 is 6.09 Å². The Morgan fingerprint density at radius 2 is 2.11 bits per heavy atom. The number of rotatable bonds is 2. The number of carbonyl (C=O) groups is 1. The summed E-state index contributed by atoms with van der Waals surface area (Å²) in [4.78, 5) is 14.3. The lowest BCUT2D eigenvalue weighted by Gasteiger charge is -2.41. The van der Waals surface area contributed by atoms with Crippen molar-refractivity contribution in [1.29, 1.82) is 0 Å². The first kappa shape index (κ1) is 14.4. The van der Waals surface area contributed by atoms with E-state index in [9.17, 15) is 4.79 Å². The van der Waals surface area contributed by atoms with Crippen LogP contribution in [0.1, 0.15) is 47.0 Å². The van der Waals surface area contributed by atoms with Gasteiger partial charge in [0.25, 0.3) is 0 Å². The molecule has 3 atom stereocenters. The Hall–Kier alpha value is -1.03. The predicted molar refractivity (Wildman–Crippen MR) is 76.1 cm³/mol. The van der Waals surface area contributed by atoms with Gasteiger partial charge in [-0.2, -0.15) is 0 Å². The van der Waals surface area contributed by atoms with Crippen molar-refractivity contribution in [1.82, 2.24) is 10.2 Å². The summed E-state index contributed by atoms with van der Waals surface area (Å²) in [6.45, 7) is 12.8. The third-order valence-electron chi connectivity index (χ3n) is 4.00. The first-order valence-corrected chi connectivity index (χ1v) is 7.26. The van der Waals surface area contributed by atoms with Crippen molar-refractivity contribution in [2.24, 2.45) is 0 Å². The second-order valence-corrected chi connectivity index (χ2v) is 6.58. The van der Waals surface area contributed by atoms with Gasteiger partial charge in [0.1, 0.15) is 5.60 Å². The summed E-state index contributed by atoms with van der Waals surface area (Å²) in [6.07, 6.45) is 2.88. The maximum Gasteiger partial charge on any atom is 0.410 e. The predicted octanol–water partition coefficient (Wildman–Crippen LogP) is 2.69. The second kappa shape index (κ2) is 5.16.